The minimum Gasteiger partial charge on any atom is -0.396 e. The standard InChI is InChI=1S/C56H58N12O13S7/c1-7-67(8-2)36-18-24-38(63-65-40-22-16-34(28-46(40)85(70,71)72)54-58-42-20-14-32(5)52(50(42)83-54)87(76,77)78)44(30-36)57-48-12-11-13-49(82-27-26-69)62-56(61-48)60-45-31-37(68(9-3)10-4)19-25-39(45)64-66-41-23-17-35(29-47(41)86(73,74)75)55-59-43-21-15-33(6)53(51(43)84-55)88(79,80)81/h14-25,28-31,69H,7-13,26-27H2,1-6H3,(H,57,60,61)(H,70,71,72)(H,73,74,75)(H,76,77,78)(H,79,80,81). The Hall–Kier alpha value is -7.34. The first kappa shape index (κ1) is 65.1. The Bertz CT molecular complexity index is 4680. The SMILES string of the molecule is CCN(CC)c1ccc(N=Nc2ccc(-c3nc4ccc(C)c(S(=O)(=O)O)c4s3)cc2S(=O)(=O)O)c(N=C2N=C(Nc3cc(N(CC)CC)ccc3N=Nc3ccc(-c4nc5ccc(C)c(S(=O)(=O)O)c5s4)cc3S(=O)(=O)O)CCCC(SCCO)=N2)c1. The minimum atomic E-state index is -4.99. The molecule has 6 N–H and O–H groups in total. The van der Waals surface area contributed by atoms with E-state index < -0.39 is 50.3 Å². The van der Waals surface area contributed by atoms with Crippen LogP contribution in [0.15, 0.2) is 152 Å². The maximum atomic E-state index is 13.0. The summed E-state index contributed by atoms with van der Waals surface area (Å²) in [6.45, 7) is 13.3. The lowest BCUT2D eigenvalue weighted by molar-refractivity contribution is 0.323. The molecule has 0 atom stereocenters. The van der Waals surface area contributed by atoms with E-state index in [0.29, 0.717) is 67.8 Å². The predicted molar refractivity (Wildman–Crippen MR) is 346 cm³/mol. The number of thioether (sulfide) groups is 1. The number of aliphatic imine (C=N–C) groups is 3. The fourth-order valence-corrected chi connectivity index (χ4v) is 16.2. The number of amidine groups is 1. The largest absolute Gasteiger partial charge is 0.396 e. The van der Waals surface area contributed by atoms with Crippen molar-refractivity contribution in [2.24, 2.45) is 35.4 Å². The van der Waals surface area contributed by atoms with Crippen LogP contribution in [-0.4, -0.2) is 122 Å². The zero-order valence-corrected chi connectivity index (χ0v) is 53.6. The molecule has 0 spiro atoms. The molecule has 0 unspecified atom stereocenters. The molecule has 88 heavy (non-hydrogen) atoms. The molecule has 8 aromatic rings. The molecule has 1 aliphatic heterocycles. The number of rotatable bonds is 20. The highest BCUT2D eigenvalue weighted by atomic mass is 32.2. The normalized spacial score (nSPS) is 14.2. The van der Waals surface area contributed by atoms with Crippen molar-refractivity contribution < 1.29 is 57.0 Å². The molecule has 1 aliphatic rings. The van der Waals surface area contributed by atoms with Crippen molar-refractivity contribution in [3.8, 4) is 21.1 Å². The van der Waals surface area contributed by atoms with Gasteiger partial charge in [-0.15, -0.1) is 54.9 Å². The van der Waals surface area contributed by atoms with Crippen molar-refractivity contribution in [1.29, 1.82) is 0 Å². The molecule has 0 amide bonds. The number of aryl methyl sites for hydroxylation is 2. The van der Waals surface area contributed by atoms with E-state index in [2.05, 4.69) is 45.5 Å². The predicted octanol–water partition coefficient (Wildman–Crippen LogP) is 13.2. The zero-order valence-electron chi connectivity index (χ0n) is 47.9. The van der Waals surface area contributed by atoms with Gasteiger partial charge in [0.05, 0.1) is 43.5 Å². The Labute approximate surface area is 519 Å². The quantitative estimate of drug-likeness (QED) is 0.0305. The van der Waals surface area contributed by atoms with Crippen LogP contribution in [0.3, 0.4) is 0 Å². The summed E-state index contributed by atoms with van der Waals surface area (Å²) in [5.74, 6) is 0.636. The summed E-state index contributed by atoms with van der Waals surface area (Å²) >= 11 is 3.13. The first-order valence-electron chi connectivity index (χ1n) is 27.1. The van der Waals surface area contributed by atoms with Crippen molar-refractivity contribution in [2.45, 2.75) is 80.4 Å². The van der Waals surface area contributed by atoms with Crippen molar-refractivity contribution in [1.82, 2.24) is 9.97 Å². The summed E-state index contributed by atoms with van der Waals surface area (Å²) in [4.78, 5) is 26.0. The maximum Gasteiger partial charge on any atom is 0.296 e. The molecular formula is C56H58N12O13S7. The number of guanidine groups is 1. The van der Waals surface area contributed by atoms with E-state index in [0.717, 1.165) is 46.2 Å². The molecule has 0 saturated carbocycles. The third kappa shape index (κ3) is 14.9. The van der Waals surface area contributed by atoms with E-state index in [1.165, 1.54) is 62.0 Å². The molecule has 2 aromatic heterocycles. The molecule has 0 aliphatic carbocycles. The summed E-state index contributed by atoms with van der Waals surface area (Å²) in [6.07, 6.45) is 1.31. The Morgan fingerprint density at radius 1 is 0.545 bits per heavy atom. The molecule has 462 valence electrons. The van der Waals surface area contributed by atoms with Crippen LogP contribution < -0.4 is 15.1 Å². The lowest BCUT2D eigenvalue weighted by Crippen LogP contribution is -2.22. The fourth-order valence-electron chi connectivity index (χ4n) is 9.52. The molecule has 0 fully saturated rings. The van der Waals surface area contributed by atoms with Gasteiger partial charge >= 0.3 is 0 Å². The second kappa shape index (κ2) is 26.8. The number of aliphatic hydroxyl groups is 1. The van der Waals surface area contributed by atoms with E-state index in [1.807, 2.05) is 39.8 Å². The third-order valence-electron chi connectivity index (χ3n) is 13.8. The topological polar surface area (TPSA) is 369 Å². The first-order chi connectivity index (χ1) is 41.7. The number of anilines is 3. The van der Waals surface area contributed by atoms with E-state index >= 15 is 0 Å². The first-order valence-corrected chi connectivity index (χ1v) is 35.4. The Balaban J connectivity index is 1.12. The molecule has 0 saturated heterocycles. The molecular weight excluding hydrogens is 1270 g/mol. The second-order valence-electron chi connectivity index (χ2n) is 19.6. The summed E-state index contributed by atoms with van der Waals surface area (Å²) < 4.78 is 143. The molecule has 32 heteroatoms. The summed E-state index contributed by atoms with van der Waals surface area (Å²) in [6, 6.07) is 24.4. The van der Waals surface area contributed by atoms with Crippen LogP contribution in [0.25, 0.3) is 41.6 Å². The van der Waals surface area contributed by atoms with Crippen LogP contribution in [0.1, 0.15) is 58.1 Å². The van der Waals surface area contributed by atoms with Gasteiger partial charge in [0.1, 0.15) is 58.2 Å². The third-order valence-corrected chi connectivity index (χ3v) is 21.2. The van der Waals surface area contributed by atoms with Crippen LogP contribution in [0.2, 0.25) is 0 Å². The van der Waals surface area contributed by atoms with Gasteiger partial charge in [0.25, 0.3) is 46.4 Å². The monoisotopic (exact) mass is 1330 g/mol. The number of aliphatic hydroxyl groups excluding tert-OH is 1. The van der Waals surface area contributed by atoms with Gasteiger partial charge in [0.15, 0.2) is 0 Å². The number of aromatic nitrogens is 2. The number of benzene rings is 6. The molecule has 9 rings (SSSR count). The van der Waals surface area contributed by atoms with Gasteiger partial charge in [0.2, 0.25) is 0 Å². The number of nitrogens with one attached hydrogen (secondary N) is 1. The second-order valence-corrected chi connectivity index (χ2v) is 28.2. The average molecular weight is 1330 g/mol. The van der Waals surface area contributed by atoms with Gasteiger partial charge in [-0.25, -0.2) is 20.0 Å². The van der Waals surface area contributed by atoms with E-state index in [4.69, 9.17) is 15.0 Å². The highest BCUT2D eigenvalue weighted by Crippen LogP contribution is 2.42. The maximum absolute atomic E-state index is 13.0. The molecule has 0 bridgehead atoms. The minimum absolute atomic E-state index is 0.0552. The fraction of sp³-hybridized carbons (Fsp3) is 0.268. The van der Waals surface area contributed by atoms with Crippen LogP contribution in [-0.2, 0) is 40.5 Å². The number of hydrogen-bond donors (Lipinski definition) is 6. The Morgan fingerprint density at radius 3 is 1.49 bits per heavy atom. The number of nitrogens with zero attached hydrogens (tertiary/aromatic N) is 11. The van der Waals surface area contributed by atoms with Crippen LogP contribution in [0.5, 0.6) is 0 Å². The summed E-state index contributed by atoms with van der Waals surface area (Å²) in [5, 5.41) is 31.9. The van der Waals surface area contributed by atoms with Crippen LogP contribution in [0.4, 0.5) is 45.5 Å². The smallest absolute Gasteiger partial charge is 0.296 e. The average Bonchev–Trinajstić information content (AvgIpc) is 2.26. The summed E-state index contributed by atoms with van der Waals surface area (Å²) in [5.41, 5.74) is 3.36. The van der Waals surface area contributed by atoms with Crippen LogP contribution in [0, 0.1) is 13.8 Å². The number of thiazole rings is 2. The van der Waals surface area contributed by atoms with Gasteiger partial charge in [-0.2, -0.15) is 38.7 Å². The van der Waals surface area contributed by atoms with Crippen LogP contribution >= 0.6 is 34.4 Å². The van der Waals surface area contributed by atoms with Crippen molar-refractivity contribution in [3.63, 3.8) is 0 Å². The van der Waals surface area contributed by atoms with Gasteiger partial charge in [-0.3, -0.25) is 18.2 Å². The molecule has 25 nitrogen and oxygen atoms in total. The number of fused-ring (bicyclic) bond motifs is 2. The van der Waals surface area contributed by atoms with Crippen molar-refractivity contribution in [3.05, 3.63) is 108 Å². The van der Waals surface area contributed by atoms with Gasteiger partial charge < -0.3 is 20.2 Å². The van der Waals surface area contributed by atoms with Gasteiger partial charge in [-0.05, 0) is 150 Å². The van der Waals surface area contributed by atoms with E-state index in [9.17, 15) is 57.0 Å². The highest BCUT2D eigenvalue weighted by molar-refractivity contribution is 8.14. The molecule has 3 heterocycles. The van der Waals surface area contributed by atoms with E-state index in [1.54, 1.807) is 36.4 Å². The summed E-state index contributed by atoms with van der Waals surface area (Å²) in [7, 11) is -19.3. The van der Waals surface area contributed by atoms with Gasteiger partial charge in [-0.1, -0.05) is 12.1 Å². The molecule has 6 aromatic carbocycles. The van der Waals surface area contributed by atoms with Crippen molar-refractivity contribution in [2.75, 3.05) is 53.7 Å². The lowest BCUT2D eigenvalue weighted by atomic mass is 10.2. The highest BCUT2D eigenvalue weighted by Gasteiger charge is 2.26. The van der Waals surface area contributed by atoms with Crippen molar-refractivity contribution >= 4 is 158 Å². The Morgan fingerprint density at radius 2 is 1.01 bits per heavy atom. The Kier molecular flexibility index (Phi) is 19.8. The molecule has 0 radical (unpaired) electrons. The van der Waals surface area contributed by atoms with E-state index in [-0.39, 0.29) is 103 Å². The van der Waals surface area contributed by atoms with Gasteiger partial charge in [0, 0.05) is 60.9 Å². The number of azo groups is 2. The lowest BCUT2D eigenvalue weighted by Gasteiger charge is -2.23. The number of hydrogen-bond acceptors (Lipinski definition) is 22. The zero-order chi connectivity index (χ0) is 63.5.